The molecule has 3 N–H and O–H groups in total. The van der Waals surface area contributed by atoms with Crippen molar-refractivity contribution in [2.24, 2.45) is 5.92 Å². The molecule has 3 rings (SSSR count). The molecule has 1 heterocycles. The molecule has 29 heavy (non-hydrogen) atoms. The highest BCUT2D eigenvalue weighted by Gasteiger charge is 2.41. The summed E-state index contributed by atoms with van der Waals surface area (Å²) >= 11 is 0. The van der Waals surface area contributed by atoms with Gasteiger partial charge in [0.05, 0.1) is 11.5 Å². The fourth-order valence-corrected chi connectivity index (χ4v) is 3.55. The Labute approximate surface area is 168 Å². The van der Waals surface area contributed by atoms with Crippen LogP contribution in [0.5, 0.6) is 0 Å². The Morgan fingerprint density at radius 3 is 2.17 bits per heavy atom. The highest BCUT2D eigenvalue weighted by atomic mass is 19.4. The second-order valence-corrected chi connectivity index (χ2v) is 7.06. The van der Waals surface area contributed by atoms with Crippen molar-refractivity contribution in [1.82, 2.24) is 5.32 Å². The van der Waals surface area contributed by atoms with Crippen LogP contribution in [0.25, 0.3) is 0 Å². The van der Waals surface area contributed by atoms with E-state index in [1.165, 1.54) is 0 Å². The minimum atomic E-state index is -4.10. The van der Waals surface area contributed by atoms with E-state index >= 15 is 0 Å². The lowest BCUT2D eigenvalue weighted by Crippen LogP contribution is -2.38. The van der Waals surface area contributed by atoms with Gasteiger partial charge in [-0.1, -0.05) is 0 Å². The highest BCUT2D eigenvalue weighted by molar-refractivity contribution is 6.00. The lowest BCUT2D eigenvalue weighted by Gasteiger charge is -2.34. The summed E-state index contributed by atoms with van der Waals surface area (Å²) in [6, 6.07) is 13.0. The fourth-order valence-electron chi connectivity index (χ4n) is 3.55. The number of carbonyl (C=O) groups is 1. The predicted molar refractivity (Wildman–Crippen MR) is 110 cm³/mol. The third-order valence-electron chi connectivity index (χ3n) is 5.24. The van der Waals surface area contributed by atoms with Crippen molar-refractivity contribution in [3.05, 3.63) is 48.0 Å². The van der Waals surface area contributed by atoms with E-state index < -0.39 is 12.1 Å². The molecule has 2 aromatic rings. The fraction of sp³-hybridized carbons (Fsp3) is 0.381. The van der Waals surface area contributed by atoms with Gasteiger partial charge in [0, 0.05) is 49.9 Å². The zero-order valence-electron chi connectivity index (χ0n) is 16.4. The standard InChI is InChI=1S/C21H25F3N4O/c1-25-19-13-16(5-8-18(19)20(29)26-2)27-15-3-6-17(7-4-15)28-11-9-14(10-12-28)21(22,23)24/h3-8,13-14,25,27H,9-12H2,1-2H3,(H,26,29). The van der Waals surface area contributed by atoms with Crippen molar-refractivity contribution in [3.63, 3.8) is 0 Å². The molecule has 1 amide bonds. The summed E-state index contributed by atoms with van der Waals surface area (Å²) in [5, 5.41) is 8.90. The van der Waals surface area contributed by atoms with E-state index in [2.05, 4.69) is 16.0 Å². The molecule has 1 aliphatic heterocycles. The number of amides is 1. The van der Waals surface area contributed by atoms with Crippen LogP contribution < -0.4 is 20.9 Å². The molecule has 156 valence electrons. The van der Waals surface area contributed by atoms with Gasteiger partial charge < -0.3 is 20.9 Å². The molecule has 0 bridgehead atoms. The summed E-state index contributed by atoms with van der Waals surface area (Å²) in [7, 11) is 3.34. The van der Waals surface area contributed by atoms with Gasteiger partial charge in [-0.05, 0) is 55.3 Å². The van der Waals surface area contributed by atoms with Crippen molar-refractivity contribution in [1.29, 1.82) is 0 Å². The van der Waals surface area contributed by atoms with E-state index in [-0.39, 0.29) is 18.7 Å². The van der Waals surface area contributed by atoms with Gasteiger partial charge in [0.25, 0.3) is 5.91 Å². The first kappa shape index (κ1) is 20.8. The lowest BCUT2D eigenvalue weighted by molar-refractivity contribution is -0.179. The SMILES string of the molecule is CNC(=O)c1ccc(Nc2ccc(N3CCC(C(F)(F)F)CC3)cc2)cc1NC. The summed E-state index contributed by atoms with van der Waals surface area (Å²) in [4.78, 5) is 13.9. The molecule has 1 fully saturated rings. The minimum Gasteiger partial charge on any atom is -0.387 e. The number of piperidine rings is 1. The number of rotatable bonds is 5. The van der Waals surface area contributed by atoms with E-state index in [1.54, 1.807) is 20.2 Å². The number of nitrogens with one attached hydrogen (secondary N) is 3. The molecule has 1 saturated heterocycles. The minimum absolute atomic E-state index is 0.133. The van der Waals surface area contributed by atoms with Crippen LogP contribution in [-0.4, -0.2) is 39.3 Å². The molecule has 0 unspecified atom stereocenters. The van der Waals surface area contributed by atoms with Gasteiger partial charge in [0.2, 0.25) is 0 Å². The zero-order chi connectivity index (χ0) is 21.0. The van der Waals surface area contributed by atoms with Crippen LogP contribution in [0.1, 0.15) is 23.2 Å². The van der Waals surface area contributed by atoms with Crippen molar-refractivity contribution in [3.8, 4) is 0 Å². The number of nitrogens with zero attached hydrogens (tertiary/aromatic N) is 1. The van der Waals surface area contributed by atoms with Crippen LogP contribution in [0.4, 0.5) is 35.9 Å². The second-order valence-electron chi connectivity index (χ2n) is 7.06. The lowest BCUT2D eigenvalue weighted by atomic mass is 9.96. The quantitative estimate of drug-likeness (QED) is 0.679. The first-order valence-corrected chi connectivity index (χ1v) is 9.54. The number of hydrogen-bond donors (Lipinski definition) is 3. The van der Waals surface area contributed by atoms with E-state index in [0.29, 0.717) is 24.3 Å². The number of alkyl halides is 3. The predicted octanol–water partition coefficient (Wildman–Crippen LogP) is 4.61. The molecule has 0 radical (unpaired) electrons. The number of hydrogen-bond acceptors (Lipinski definition) is 4. The van der Waals surface area contributed by atoms with Gasteiger partial charge in [-0.15, -0.1) is 0 Å². The van der Waals surface area contributed by atoms with Crippen molar-refractivity contribution in [2.45, 2.75) is 19.0 Å². The van der Waals surface area contributed by atoms with Gasteiger partial charge in [0.1, 0.15) is 0 Å². The van der Waals surface area contributed by atoms with Gasteiger partial charge in [-0.25, -0.2) is 0 Å². The average molecular weight is 406 g/mol. The number of carbonyl (C=O) groups excluding carboxylic acids is 1. The summed E-state index contributed by atoms with van der Waals surface area (Å²) < 4.78 is 38.5. The Bertz CT molecular complexity index is 844. The largest absolute Gasteiger partial charge is 0.391 e. The Morgan fingerprint density at radius 1 is 1.00 bits per heavy atom. The van der Waals surface area contributed by atoms with Gasteiger partial charge in [-0.2, -0.15) is 13.2 Å². The summed E-state index contributed by atoms with van der Waals surface area (Å²) in [5.74, 6) is -1.36. The van der Waals surface area contributed by atoms with Crippen LogP contribution in [-0.2, 0) is 0 Å². The first-order valence-electron chi connectivity index (χ1n) is 9.54. The Balaban J connectivity index is 1.65. The number of benzene rings is 2. The molecule has 0 saturated carbocycles. The average Bonchev–Trinajstić information content (AvgIpc) is 2.73. The number of halogens is 3. The maximum atomic E-state index is 12.8. The van der Waals surface area contributed by atoms with Gasteiger partial charge in [0.15, 0.2) is 0 Å². The maximum Gasteiger partial charge on any atom is 0.391 e. The maximum absolute atomic E-state index is 12.8. The van der Waals surface area contributed by atoms with Crippen LogP contribution in [0.15, 0.2) is 42.5 Å². The van der Waals surface area contributed by atoms with Crippen LogP contribution in [0.3, 0.4) is 0 Å². The molecule has 0 aliphatic carbocycles. The molecule has 8 heteroatoms. The topological polar surface area (TPSA) is 56.4 Å². The molecular weight excluding hydrogens is 381 g/mol. The van der Waals surface area contributed by atoms with E-state index in [0.717, 1.165) is 17.1 Å². The van der Waals surface area contributed by atoms with Crippen LogP contribution in [0, 0.1) is 5.92 Å². The third kappa shape index (κ3) is 4.93. The van der Waals surface area contributed by atoms with Gasteiger partial charge >= 0.3 is 6.18 Å². The smallest absolute Gasteiger partial charge is 0.387 e. The van der Waals surface area contributed by atoms with E-state index in [1.807, 2.05) is 41.3 Å². The summed E-state index contributed by atoms with van der Waals surface area (Å²) in [6.45, 7) is 0.812. The van der Waals surface area contributed by atoms with Crippen molar-refractivity contribution in [2.75, 3.05) is 42.7 Å². The Kier molecular flexibility index (Phi) is 6.20. The normalized spacial score (nSPS) is 15.1. The van der Waals surface area contributed by atoms with E-state index in [9.17, 15) is 18.0 Å². The molecular formula is C21H25F3N4O. The van der Waals surface area contributed by atoms with Crippen molar-refractivity contribution < 1.29 is 18.0 Å². The highest BCUT2D eigenvalue weighted by Crippen LogP contribution is 2.35. The van der Waals surface area contributed by atoms with Crippen LogP contribution in [0.2, 0.25) is 0 Å². The second kappa shape index (κ2) is 8.63. The first-order chi connectivity index (χ1) is 13.8. The monoisotopic (exact) mass is 406 g/mol. The molecule has 0 spiro atoms. The van der Waals surface area contributed by atoms with Crippen LogP contribution >= 0.6 is 0 Å². The summed E-state index contributed by atoms with van der Waals surface area (Å²) in [6.07, 6.45) is -3.83. The van der Waals surface area contributed by atoms with E-state index in [4.69, 9.17) is 0 Å². The molecule has 0 atom stereocenters. The summed E-state index contributed by atoms with van der Waals surface area (Å²) in [5.41, 5.74) is 3.85. The molecule has 0 aromatic heterocycles. The molecule has 1 aliphatic rings. The Hall–Kier alpha value is -2.90. The number of anilines is 4. The van der Waals surface area contributed by atoms with Crippen molar-refractivity contribution >= 4 is 28.7 Å². The molecule has 2 aromatic carbocycles. The molecule has 5 nitrogen and oxygen atoms in total. The Morgan fingerprint density at radius 2 is 1.62 bits per heavy atom. The zero-order valence-corrected chi connectivity index (χ0v) is 16.4. The third-order valence-corrected chi connectivity index (χ3v) is 5.24. The van der Waals surface area contributed by atoms with Gasteiger partial charge in [-0.3, -0.25) is 4.79 Å².